The first-order valence-corrected chi connectivity index (χ1v) is 10.6. The van der Waals surface area contributed by atoms with Gasteiger partial charge in [-0.25, -0.2) is 9.07 Å². The fraction of sp³-hybridized carbons (Fsp3) is 0.304. The number of rotatable bonds is 7. The van der Waals surface area contributed by atoms with E-state index in [1.54, 1.807) is 30.3 Å². The van der Waals surface area contributed by atoms with Crippen LogP contribution in [0.25, 0.3) is 16.9 Å². The van der Waals surface area contributed by atoms with Crippen molar-refractivity contribution in [1.29, 1.82) is 0 Å². The zero-order valence-corrected chi connectivity index (χ0v) is 17.5. The lowest BCUT2D eigenvalue weighted by atomic mass is 10.1. The molecule has 4 rings (SSSR count). The number of likely N-dealkylation sites (tertiary alicyclic amines) is 1. The van der Waals surface area contributed by atoms with Crippen molar-refractivity contribution in [3.05, 3.63) is 76.2 Å². The fourth-order valence-electron chi connectivity index (χ4n) is 3.82. The number of non-ortho nitro benzene ring substituents is 1. The number of hydrogen-bond donors (Lipinski definition) is 1. The second-order valence-electron chi connectivity index (χ2n) is 7.77. The molecular weight excluding hydrogens is 413 g/mol. The highest BCUT2D eigenvalue weighted by molar-refractivity contribution is 5.94. The van der Waals surface area contributed by atoms with Crippen LogP contribution >= 0.6 is 0 Å². The van der Waals surface area contributed by atoms with Crippen LogP contribution in [0.2, 0.25) is 0 Å². The number of carbonyl (C=O) groups is 1. The molecule has 1 fully saturated rings. The summed E-state index contributed by atoms with van der Waals surface area (Å²) >= 11 is 0. The van der Waals surface area contributed by atoms with Crippen LogP contribution in [0, 0.1) is 15.9 Å². The molecule has 1 saturated heterocycles. The molecule has 2 heterocycles. The Kier molecular flexibility index (Phi) is 6.55. The molecule has 0 aliphatic carbocycles. The first-order chi connectivity index (χ1) is 15.5. The third-order valence-electron chi connectivity index (χ3n) is 5.55. The number of nitrogens with zero attached hydrogens (tertiary/aromatic N) is 4. The van der Waals surface area contributed by atoms with E-state index in [9.17, 15) is 19.3 Å². The van der Waals surface area contributed by atoms with Crippen LogP contribution in [0.4, 0.5) is 10.1 Å². The van der Waals surface area contributed by atoms with Gasteiger partial charge in [-0.1, -0.05) is 6.42 Å². The van der Waals surface area contributed by atoms with E-state index in [0.717, 1.165) is 19.6 Å². The lowest BCUT2D eigenvalue weighted by molar-refractivity contribution is -0.384. The Balaban J connectivity index is 1.58. The fourth-order valence-corrected chi connectivity index (χ4v) is 3.82. The number of halogens is 1. The van der Waals surface area contributed by atoms with Crippen molar-refractivity contribution in [2.75, 3.05) is 26.2 Å². The topological polar surface area (TPSA) is 93.3 Å². The minimum atomic E-state index is -0.481. The summed E-state index contributed by atoms with van der Waals surface area (Å²) in [4.78, 5) is 25.8. The number of piperidine rings is 1. The van der Waals surface area contributed by atoms with Gasteiger partial charge in [-0.15, -0.1) is 0 Å². The smallest absolute Gasteiger partial charge is 0.270 e. The van der Waals surface area contributed by atoms with E-state index in [0.29, 0.717) is 29.2 Å². The molecule has 0 bridgehead atoms. The molecule has 0 spiro atoms. The molecule has 9 heteroatoms. The van der Waals surface area contributed by atoms with Crippen molar-refractivity contribution < 1.29 is 14.1 Å². The van der Waals surface area contributed by atoms with Crippen LogP contribution in [0.3, 0.4) is 0 Å². The van der Waals surface area contributed by atoms with Gasteiger partial charge in [0.1, 0.15) is 11.5 Å². The highest BCUT2D eigenvalue weighted by Crippen LogP contribution is 2.23. The largest absolute Gasteiger partial charge is 0.349 e. The van der Waals surface area contributed by atoms with E-state index < -0.39 is 4.92 Å². The molecule has 1 aliphatic rings. The van der Waals surface area contributed by atoms with E-state index in [1.807, 2.05) is 0 Å². The van der Waals surface area contributed by atoms with Crippen LogP contribution in [-0.2, 0) is 0 Å². The molecule has 3 aromatic rings. The van der Waals surface area contributed by atoms with Gasteiger partial charge in [0.05, 0.1) is 16.3 Å². The quantitative estimate of drug-likeness (QED) is 0.448. The maximum atomic E-state index is 13.3. The number of carbonyl (C=O) groups excluding carboxylic acids is 1. The molecule has 1 aromatic heterocycles. The van der Waals surface area contributed by atoms with Crippen molar-refractivity contribution in [2.24, 2.45) is 0 Å². The first-order valence-electron chi connectivity index (χ1n) is 10.6. The molecule has 0 radical (unpaired) electrons. The molecular formula is C23H24FN5O3. The number of nitro benzene ring substituents is 1. The SMILES string of the molecule is O=C(NCCN1CCCCC1)c1cc(-c2ccc(F)cc2)nn1-c1ccc([N+](=O)[O-])cc1. The van der Waals surface area contributed by atoms with Gasteiger partial charge in [-0.2, -0.15) is 5.10 Å². The van der Waals surface area contributed by atoms with Crippen LogP contribution < -0.4 is 5.32 Å². The van der Waals surface area contributed by atoms with E-state index in [-0.39, 0.29) is 17.4 Å². The average Bonchev–Trinajstić information content (AvgIpc) is 3.26. The van der Waals surface area contributed by atoms with Gasteiger partial charge in [-0.3, -0.25) is 14.9 Å². The molecule has 166 valence electrons. The summed E-state index contributed by atoms with van der Waals surface area (Å²) < 4.78 is 14.8. The summed E-state index contributed by atoms with van der Waals surface area (Å²) in [6.07, 6.45) is 3.62. The molecule has 1 aliphatic heterocycles. The maximum absolute atomic E-state index is 13.3. The molecule has 32 heavy (non-hydrogen) atoms. The number of hydrogen-bond acceptors (Lipinski definition) is 5. The van der Waals surface area contributed by atoms with E-state index >= 15 is 0 Å². The minimum absolute atomic E-state index is 0.0489. The number of benzene rings is 2. The number of amides is 1. The number of nitrogens with one attached hydrogen (secondary N) is 1. The summed E-state index contributed by atoms with van der Waals surface area (Å²) in [7, 11) is 0. The predicted octanol–water partition coefficient (Wildman–Crippen LogP) is 3.80. The molecule has 0 atom stereocenters. The summed E-state index contributed by atoms with van der Waals surface area (Å²) in [6.45, 7) is 3.38. The van der Waals surface area contributed by atoms with Gasteiger partial charge in [-0.05, 0) is 68.4 Å². The molecule has 0 unspecified atom stereocenters. The van der Waals surface area contributed by atoms with Gasteiger partial charge in [0, 0.05) is 30.8 Å². The van der Waals surface area contributed by atoms with Crippen molar-refractivity contribution in [2.45, 2.75) is 19.3 Å². The molecule has 1 amide bonds. The van der Waals surface area contributed by atoms with Crippen molar-refractivity contribution in [1.82, 2.24) is 20.0 Å². The Morgan fingerprint density at radius 1 is 1.06 bits per heavy atom. The first kappa shape index (κ1) is 21.6. The summed E-state index contributed by atoms with van der Waals surface area (Å²) in [6, 6.07) is 13.3. The Labute approximate surface area is 184 Å². The summed E-state index contributed by atoms with van der Waals surface area (Å²) in [5.74, 6) is -0.652. The van der Waals surface area contributed by atoms with Gasteiger partial charge >= 0.3 is 0 Å². The van der Waals surface area contributed by atoms with E-state index in [1.165, 1.54) is 48.2 Å². The zero-order valence-electron chi connectivity index (χ0n) is 17.5. The lowest BCUT2D eigenvalue weighted by Gasteiger charge is -2.26. The third kappa shape index (κ3) is 5.00. The summed E-state index contributed by atoms with van der Waals surface area (Å²) in [5.41, 5.74) is 1.94. The number of nitro groups is 1. The highest BCUT2D eigenvalue weighted by atomic mass is 19.1. The van der Waals surface area contributed by atoms with Crippen molar-refractivity contribution >= 4 is 11.6 Å². The van der Waals surface area contributed by atoms with Gasteiger partial charge in [0.25, 0.3) is 11.6 Å². The Morgan fingerprint density at radius 3 is 2.41 bits per heavy atom. The summed E-state index contributed by atoms with van der Waals surface area (Å²) in [5, 5.41) is 18.5. The van der Waals surface area contributed by atoms with Gasteiger partial charge < -0.3 is 10.2 Å². The van der Waals surface area contributed by atoms with E-state index in [4.69, 9.17) is 0 Å². The second kappa shape index (κ2) is 9.69. The zero-order chi connectivity index (χ0) is 22.5. The third-order valence-corrected chi connectivity index (χ3v) is 5.55. The predicted molar refractivity (Wildman–Crippen MR) is 118 cm³/mol. The molecule has 1 N–H and O–H groups in total. The van der Waals surface area contributed by atoms with Crippen LogP contribution in [-0.4, -0.2) is 51.7 Å². The Morgan fingerprint density at radius 2 is 1.75 bits per heavy atom. The Hall–Kier alpha value is -3.59. The second-order valence-corrected chi connectivity index (χ2v) is 7.77. The van der Waals surface area contributed by atoms with Crippen LogP contribution in [0.5, 0.6) is 0 Å². The lowest BCUT2D eigenvalue weighted by Crippen LogP contribution is -2.38. The molecule has 8 nitrogen and oxygen atoms in total. The minimum Gasteiger partial charge on any atom is -0.349 e. The monoisotopic (exact) mass is 437 g/mol. The standard InChI is InChI=1S/C23H24FN5O3/c24-18-6-4-17(5-7-18)21-16-22(23(30)25-12-15-27-13-2-1-3-14-27)28(26-21)19-8-10-20(11-9-19)29(31)32/h4-11,16H,1-3,12-15H2,(H,25,30). The van der Waals surface area contributed by atoms with Crippen LogP contribution in [0.1, 0.15) is 29.8 Å². The van der Waals surface area contributed by atoms with Crippen molar-refractivity contribution in [3.8, 4) is 16.9 Å². The molecule has 0 saturated carbocycles. The van der Waals surface area contributed by atoms with Gasteiger partial charge in [0.2, 0.25) is 0 Å². The van der Waals surface area contributed by atoms with Crippen molar-refractivity contribution in [3.63, 3.8) is 0 Å². The normalized spacial score (nSPS) is 14.3. The number of aromatic nitrogens is 2. The molecule has 2 aromatic carbocycles. The maximum Gasteiger partial charge on any atom is 0.270 e. The average molecular weight is 437 g/mol. The van der Waals surface area contributed by atoms with Crippen LogP contribution in [0.15, 0.2) is 54.6 Å². The van der Waals surface area contributed by atoms with E-state index in [2.05, 4.69) is 15.3 Å². The Bertz CT molecular complexity index is 1090. The van der Waals surface area contributed by atoms with Gasteiger partial charge in [0.15, 0.2) is 0 Å². The highest BCUT2D eigenvalue weighted by Gasteiger charge is 2.19.